The second kappa shape index (κ2) is 5.67. The third-order valence-corrected chi connectivity index (χ3v) is 6.44. The Morgan fingerprint density at radius 2 is 1.61 bits per heavy atom. The molecule has 23 heavy (non-hydrogen) atoms. The lowest BCUT2D eigenvalue weighted by Crippen LogP contribution is -2.32. The molecule has 1 N–H and O–H groups in total. The van der Waals surface area contributed by atoms with Gasteiger partial charge in [-0.1, -0.05) is 30.3 Å². The molecule has 6 nitrogen and oxygen atoms in total. The summed E-state index contributed by atoms with van der Waals surface area (Å²) in [6.45, 7) is 2.97. The second-order valence-electron chi connectivity index (χ2n) is 6.11. The number of hydrogen-bond donors (Lipinski definition) is 1. The highest BCUT2D eigenvalue weighted by Crippen LogP contribution is 2.30. The summed E-state index contributed by atoms with van der Waals surface area (Å²) in [5, 5.41) is 3.32. The number of benzene rings is 1. The van der Waals surface area contributed by atoms with Gasteiger partial charge in [0, 0.05) is 18.7 Å². The van der Waals surface area contributed by atoms with Crippen LogP contribution in [0.5, 0.6) is 0 Å². The van der Waals surface area contributed by atoms with Crippen molar-refractivity contribution in [3.63, 3.8) is 0 Å². The molecule has 120 valence electrons. The van der Waals surface area contributed by atoms with Gasteiger partial charge in [0.1, 0.15) is 4.90 Å². The molecule has 0 amide bonds. The van der Waals surface area contributed by atoms with E-state index in [1.807, 2.05) is 30.3 Å². The van der Waals surface area contributed by atoms with Gasteiger partial charge in [0.15, 0.2) is 5.82 Å². The number of hydrogen-bond acceptors (Lipinski definition) is 5. The maximum atomic E-state index is 12.7. The molecule has 3 heterocycles. The Hall–Kier alpha value is -1.83. The molecule has 0 unspecified atom stereocenters. The average Bonchev–Trinajstić information content (AvgIpc) is 3.18. The number of nitrogens with one attached hydrogen (secondary N) is 1. The zero-order valence-electron chi connectivity index (χ0n) is 12.6. The second-order valence-corrected chi connectivity index (χ2v) is 8.05. The monoisotopic (exact) mass is 330 g/mol. The van der Waals surface area contributed by atoms with Crippen molar-refractivity contribution in [2.75, 3.05) is 26.2 Å². The van der Waals surface area contributed by atoms with Gasteiger partial charge in [0.2, 0.25) is 10.0 Å². The van der Waals surface area contributed by atoms with Crippen molar-refractivity contribution < 1.29 is 8.42 Å². The quantitative estimate of drug-likeness (QED) is 0.908. The first-order chi connectivity index (χ1) is 11.1. The summed E-state index contributed by atoms with van der Waals surface area (Å²) in [6, 6.07) is 9.53. The Kier molecular flexibility index (Phi) is 3.63. The summed E-state index contributed by atoms with van der Waals surface area (Å²) < 4.78 is 27.1. The van der Waals surface area contributed by atoms with Crippen LogP contribution in [0.2, 0.25) is 0 Å². The van der Waals surface area contributed by atoms with Crippen molar-refractivity contribution in [1.29, 1.82) is 0 Å². The molecule has 0 bridgehead atoms. The van der Waals surface area contributed by atoms with Crippen LogP contribution in [0, 0.1) is 11.8 Å². The van der Waals surface area contributed by atoms with Crippen molar-refractivity contribution in [3.8, 4) is 11.4 Å². The molecule has 7 heteroatoms. The summed E-state index contributed by atoms with van der Waals surface area (Å²) in [7, 11) is -3.50. The van der Waals surface area contributed by atoms with Crippen molar-refractivity contribution in [2.45, 2.75) is 4.90 Å². The molecule has 0 spiro atoms. The van der Waals surface area contributed by atoms with Gasteiger partial charge in [0.25, 0.3) is 0 Å². The molecule has 2 fully saturated rings. The first kappa shape index (κ1) is 14.7. The lowest BCUT2D eigenvalue weighted by molar-refractivity contribution is 0.447. The van der Waals surface area contributed by atoms with Crippen LogP contribution in [0.1, 0.15) is 0 Å². The average molecular weight is 330 g/mol. The summed E-state index contributed by atoms with van der Waals surface area (Å²) >= 11 is 0. The molecule has 4 rings (SSSR count). The molecule has 0 saturated carbocycles. The minimum Gasteiger partial charge on any atom is -0.316 e. The number of rotatable bonds is 3. The van der Waals surface area contributed by atoms with E-state index in [1.54, 1.807) is 4.31 Å². The van der Waals surface area contributed by atoms with Gasteiger partial charge in [-0.2, -0.15) is 4.31 Å². The summed E-state index contributed by atoms with van der Waals surface area (Å²) in [6.07, 6.45) is 2.83. The van der Waals surface area contributed by atoms with Gasteiger partial charge in [-0.3, -0.25) is 0 Å². The molecule has 2 saturated heterocycles. The fourth-order valence-electron chi connectivity index (χ4n) is 3.34. The van der Waals surface area contributed by atoms with Crippen molar-refractivity contribution in [1.82, 2.24) is 19.6 Å². The molecule has 2 aliphatic heterocycles. The maximum absolute atomic E-state index is 12.7. The van der Waals surface area contributed by atoms with Crippen LogP contribution >= 0.6 is 0 Å². The van der Waals surface area contributed by atoms with Crippen LogP contribution in [0.25, 0.3) is 11.4 Å². The standard InChI is InChI=1S/C16H18N4O2S/c21-23(22,20-10-13-6-17-7-14(13)11-20)15-8-18-16(19-9-15)12-4-2-1-3-5-12/h1-5,8-9,13-14,17H,6-7,10-11H2/t13-,14+. The zero-order chi connectivity index (χ0) is 15.9. The largest absolute Gasteiger partial charge is 0.316 e. The van der Waals surface area contributed by atoms with Gasteiger partial charge in [-0.15, -0.1) is 0 Å². The third-order valence-electron chi connectivity index (χ3n) is 4.65. The van der Waals surface area contributed by atoms with Crippen LogP contribution < -0.4 is 5.32 Å². The summed E-state index contributed by atoms with van der Waals surface area (Å²) in [4.78, 5) is 8.63. The van der Waals surface area contributed by atoms with Gasteiger partial charge in [0.05, 0.1) is 12.4 Å². The molecule has 0 aliphatic carbocycles. The normalized spacial score (nSPS) is 24.7. The predicted molar refractivity (Wildman–Crippen MR) is 86.1 cm³/mol. The minimum absolute atomic E-state index is 0.171. The molecule has 1 aromatic carbocycles. The summed E-state index contributed by atoms with van der Waals surface area (Å²) in [5.74, 6) is 1.38. The highest BCUT2D eigenvalue weighted by molar-refractivity contribution is 7.89. The van der Waals surface area contributed by atoms with Crippen molar-refractivity contribution in [3.05, 3.63) is 42.7 Å². The first-order valence-electron chi connectivity index (χ1n) is 7.73. The predicted octanol–water partition coefficient (Wildman–Crippen LogP) is 0.984. The number of aromatic nitrogens is 2. The van der Waals surface area contributed by atoms with Crippen molar-refractivity contribution >= 4 is 10.0 Å². The van der Waals surface area contributed by atoms with E-state index in [1.165, 1.54) is 12.4 Å². The Morgan fingerprint density at radius 1 is 1.00 bits per heavy atom. The van der Waals surface area contributed by atoms with E-state index in [4.69, 9.17) is 0 Å². The van der Waals surface area contributed by atoms with E-state index in [0.717, 1.165) is 18.7 Å². The SMILES string of the molecule is O=S(=O)(c1cnc(-c2ccccc2)nc1)N1C[C@H]2CNC[C@H]2C1. The highest BCUT2D eigenvalue weighted by atomic mass is 32.2. The minimum atomic E-state index is -3.50. The van der Waals surface area contributed by atoms with E-state index in [0.29, 0.717) is 30.7 Å². The molecule has 1 aromatic heterocycles. The van der Waals surface area contributed by atoms with Crippen LogP contribution in [0.3, 0.4) is 0 Å². The van der Waals surface area contributed by atoms with Crippen molar-refractivity contribution in [2.24, 2.45) is 11.8 Å². The van der Waals surface area contributed by atoms with E-state index in [9.17, 15) is 8.42 Å². The Bertz CT molecular complexity index is 781. The number of fused-ring (bicyclic) bond motifs is 1. The zero-order valence-corrected chi connectivity index (χ0v) is 13.4. The van der Waals surface area contributed by atoms with Gasteiger partial charge in [-0.05, 0) is 24.9 Å². The van der Waals surface area contributed by atoms with Gasteiger partial charge in [-0.25, -0.2) is 18.4 Å². The first-order valence-corrected chi connectivity index (χ1v) is 9.17. The van der Waals surface area contributed by atoms with E-state index in [2.05, 4.69) is 15.3 Å². The lowest BCUT2D eigenvalue weighted by atomic mass is 10.0. The van der Waals surface area contributed by atoms with E-state index >= 15 is 0 Å². The summed E-state index contributed by atoms with van der Waals surface area (Å²) in [5.41, 5.74) is 0.873. The fraction of sp³-hybridized carbons (Fsp3) is 0.375. The smallest absolute Gasteiger partial charge is 0.246 e. The number of sulfonamides is 1. The molecule has 2 atom stereocenters. The molecule has 2 aromatic rings. The Morgan fingerprint density at radius 3 is 2.22 bits per heavy atom. The van der Waals surface area contributed by atoms with Gasteiger partial charge < -0.3 is 5.32 Å². The van der Waals surface area contributed by atoms with E-state index < -0.39 is 10.0 Å². The fourth-order valence-corrected chi connectivity index (χ4v) is 4.79. The lowest BCUT2D eigenvalue weighted by Gasteiger charge is -2.17. The molecular weight excluding hydrogens is 312 g/mol. The van der Waals surface area contributed by atoms with Crippen LogP contribution in [-0.2, 0) is 10.0 Å². The maximum Gasteiger partial charge on any atom is 0.246 e. The van der Waals surface area contributed by atoms with E-state index in [-0.39, 0.29) is 4.90 Å². The Labute approximate surface area is 135 Å². The Balaban J connectivity index is 1.58. The van der Waals surface area contributed by atoms with Gasteiger partial charge >= 0.3 is 0 Å². The third kappa shape index (κ3) is 2.65. The highest BCUT2D eigenvalue weighted by Gasteiger charge is 2.41. The molecular formula is C16H18N4O2S. The van der Waals surface area contributed by atoms with Crippen LogP contribution in [0.4, 0.5) is 0 Å². The topological polar surface area (TPSA) is 75.2 Å². The molecule has 0 radical (unpaired) electrons. The number of nitrogens with zero attached hydrogens (tertiary/aromatic N) is 3. The molecule has 2 aliphatic rings. The van der Waals surface area contributed by atoms with Crippen LogP contribution in [-0.4, -0.2) is 48.9 Å². The van der Waals surface area contributed by atoms with Crippen LogP contribution in [0.15, 0.2) is 47.6 Å².